The molecule has 122 valence electrons. The van der Waals surface area contributed by atoms with Gasteiger partial charge in [-0.1, -0.05) is 48.5 Å². The van der Waals surface area contributed by atoms with E-state index in [2.05, 4.69) is 48.5 Å². The molecule has 2 nitrogen and oxygen atoms in total. The maximum Gasteiger partial charge on any atom is 0.192 e. The smallest absolute Gasteiger partial charge is 0.192 e. The monoisotopic (exact) mass is 318 g/mol. The Bertz CT molecular complexity index is 222. The Morgan fingerprint density at radius 1 is 0.650 bits per heavy atom. The number of hydrogen-bond acceptors (Lipinski definition) is 2. The average Bonchev–Trinajstić information content (AvgIpc) is 2.52. The molecule has 0 saturated heterocycles. The molecule has 0 radical (unpaired) electrons. The zero-order valence-corrected chi connectivity index (χ0v) is 17.1. The second kappa shape index (κ2) is 10.1. The van der Waals surface area contributed by atoms with Crippen LogP contribution in [0.2, 0.25) is 36.3 Å². The topological polar surface area (TPSA) is 18.5 Å². The fourth-order valence-corrected chi connectivity index (χ4v) is 8.51. The summed E-state index contributed by atoms with van der Waals surface area (Å²) in [7, 11) is -2.96. The van der Waals surface area contributed by atoms with Crippen molar-refractivity contribution in [1.82, 2.24) is 0 Å². The summed E-state index contributed by atoms with van der Waals surface area (Å²) in [5, 5.41) is 0. The molecule has 0 unspecified atom stereocenters. The van der Waals surface area contributed by atoms with Gasteiger partial charge in [0.05, 0.1) is 12.7 Å². The molecule has 0 bridgehead atoms. The Hall–Kier alpha value is 0.354. The molecule has 20 heavy (non-hydrogen) atoms. The molecule has 0 aromatic rings. The van der Waals surface area contributed by atoms with Crippen LogP contribution in [0.3, 0.4) is 0 Å². The van der Waals surface area contributed by atoms with Gasteiger partial charge < -0.3 is 8.85 Å². The summed E-state index contributed by atoms with van der Waals surface area (Å²) in [6, 6.07) is 7.38. The fourth-order valence-electron chi connectivity index (χ4n) is 2.91. The highest BCUT2D eigenvalue weighted by molar-refractivity contribution is 6.74. The van der Waals surface area contributed by atoms with E-state index in [4.69, 9.17) is 8.85 Å². The molecule has 0 aliphatic heterocycles. The lowest BCUT2D eigenvalue weighted by Gasteiger charge is -2.35. The van der Waals surface area contributed by atoms with Crippen molar-refractivity contribution in [3.8, 4) is 0 Å². The summed E-state index contributed by atoms with van der Waals surface area (Å²) >= 11 is 0. The molecule has 0 aromatic carbocycles. The fraction of sp³-hybridized carbons (Fsp3) is 1.00. The van der Waals surface area contributed by atoms with Crippen LogP contribution in [0.25, 0.3) is 0 Å². The second-order valence-electron chi connectivity index (χ2n) is 5.95. The lowest BCUT2D eigenvalue weighted by atomic mass is 10.3. The zero-order valence-electron chi connectivity index (χ0n) is 15.1. The van der Waals surface area contributed by atoms with Crippen molar-refractivity contribution in [3.63, 3.8) is 0 Å². The van der Waals surface area contributed by atoms with Crippen LogP contribution in [0.5, 0.6) is 0 Å². The second-order valence-corrected chi connectivity index (χ2v) is 15.4. The molecule has 0 N–H and O–H groups in total. The zero-order chi connectivity index (χ0) is 15.6. The molecule has 0 aromatic heterocycles. The highest BCUT2D eigenvalue weighted by Gasteiger charge is 2.34. The highest BCUT2D eigenvalue weighted by Crippen LogP contribution is 2.26. The van der Waals surface area contributed by atoms with Gasteiger partial charge in [0, 0.05) is 0 Å². The maximum atomic E-state index is 6.60. The summed E-state index contributed by atoms with van der Waals surface area (Å²) in [6.45, 7) is 16.9. The molecular formula is C16H38O2Si2. The van der Waals surface area contributed by atoms with Crippen LogP contribution in [0, 0.1) is 0 Å². The van der Waals surface area contributed by atoms with E-state index in [-0.39, 0.29) is 0 Å². The molecule has 0 amide bonds. The van der Waals surface area contributed by atoms with Crippen molar-refractivity contribution in [3.05, 3.63) is 0 Å². The molecule has 0 rings (SSSR count). The van der Waals surface area contributed by atoms with Crippen LogP contribution in [0.4, 0.5) is 0 Å². The molecule has 0 spiro atoms. The van der Waals surface area contributed by atoms with Crippen LogP contribution in [0.1, 0.15) is 54.9 Å². The Labute approximate surface area is 129 Å². The lowest BCUT2D eigenvalue weighted by molar-refractivity contribution is 0.109. The first-order valence-electron chi connectivity index (χ1n) is 8.82. The van der Waals surface area contributed by atoms with Crippen molar-refractivity contribution in [2.45, 2.75) is 97.3 Å². The Kier molecular flexibility index (Phi) is 10.3. The summed E-state index contributed by atoms with van der Waals surface area (Å²) in [4.78, 5) is 0. The average molecular weight is 319 g/mol. The first kappa shape index (κ1) is 20.4. The van der Waals surface area contributed by atoms with Gasteiger partial charge in [-0.15, -0.1) is 0 Å². The minimum Gasteiger partial charge on any atom is -0.414 e. The van der Waals surface area contributed by atoms with Crippen LogP contribution in [-0.4, -0.2) is 29.3 Å². The van der Waals surface area contributed by atoms with E-state index in [0.29, 0.717) is 6.10 Å². The summed E-state index contributed by atoms with van der Waals surface area (Å²) in [6.07, 6.45) is 1.40. The van der Waals surface area contributed by atoms with Crippen LogP contribution in [0.15, 0.2) is 0 Å². The Morgan fingerprint density at radius 3 is 1.35 bits per heavy atom. The van der Waals surface area contributed by atoms with Gasteiger partial charge in [-0.25, -0.2) is 0 Å². The lowest BCUT2D eigenvalue weighted by Crippen LogP contribution is -2.44. The van der Waals surface area contributed by atoms with Crippen LogP contribution < -0.4 is 0 Å². The minimum absolute atomic E-state index is 0.318. The van der Waals surface area contributed by atoms with Gasteiger partial charge in [0.25, 0.3) is 0 Å². The van der Waals surface area contributed by atoms with Crippen LogP contribution in [-0.2, 0) is 8.85 Å². The largest absolute Gasteiger partial charge is 0.414 e. The third-order valence-corrected chi connectivity index (χ3v) is 14.7. The molecular weight excluding hydrogens is 280 g/mol. The van der Waals surface area contributed by atoms with Crippen molar-refractivity contribution < 1.29 is 8.85 Å². The minimum atomic E-state index is -1.49. The summed E-state index contributed by atoms with van der Waals surface area (Å²) in [5.41, 5.74) is 0. The van der Waals surface area contributed by atoms with Gasteiger partial charge in [0.15, 0.2) is 16.6 Å². The van der Waals surface area contributed by atoms with Gasteiger partial charge in [-0.2, -0.15) is 0 Å². The van der Waals surface area contributed by atoms with Crippen molar-refractivity contribution >= 4 is 16.6 Å². The summed E-state index contributed by atoms with van der Waals surface area (Å²) < 4.78 is 13.0. The molecule has 0 heterocycles. The third kappa shape index (κ3) is 5.62. The first-order chi connectivity index (χ1) is 9.50. The van der Waals surface area contributed by atoms with Crippen molar-refractivity contribution in [1.29, 1.82) is 0 Å². The Balaban J connectivity index is 4.62. The normalized spacial score (nSPS) is 14.6. The predicted octanol–water partition coefficient (Wildman–Crippen LogP) is 5.81. The van der Waals surface area contributed by atoms with Gasteiger partial charge in [-0.3, -0.25) is 0 Å². The predicted molar refractivity (Wildman–Crippen MR) is 95.5 cm³/mol. The molecule has 4 heteroatoms. The van der Waals surface area contributed by atoms with E-state index < -0.39 is 16.6 Å². The highest BCUT2D eigenvalue weighted by atomic mass is 28.4. The molecule has 0 aliphatic carbocycles. The van der Waals surface area contributed by atoms with E-state index in [0.717, 1.165) is 13.0 Å². The SMILES string of the molecule is CC[C@H](CO[Si](CC)(CC)CC)O[Si](CC)(CC)CC. The molecule has 0 aliphatic rings. The van der Waals surface area contributed by atoms with Crippen LogP contribution >= 0.6 is 0 Å². The first-order valence-corrected chi connectivity index (χ1v) is 13.9. The van der Waals surface area contributed by atoms with Gasteiger partial charge in [-0.05, 0) is 42.7 Å². The van der Waals surface area contributed by atoms with E-state index >= 15 is 0 Å². The molecule has 0 fully saturated rings. The van der Waals surface area contributed by atoms with Gasteiger partial charge in [0.2, 0.25) is 0 Å². The molecule has 0 saturated carbocycles. The van der Waals surface area contributed by atoms with Gasteiger partial charge in [0.1, 0.15) is 0 Å². The quantitative estimate of drug-likeness (QED) is 0.423. The summed E-state index contributed by atoms with van der Waals surface area (Å²) in [5.74, 6) is 0. The standard InChI is InChI=1S/C16H38O2Si2/c1-8-16(18-20(12-5,13-6)14-7)15-17-19(9-2,10-3)11-4/h16H,8-15H2,1-7H3/t16-/m1/s1. The maximum absolute atomic E-state index is 6.60. The van der Waals surface area contributed by atoms with E-state index in [1.54, 1.807) is 0 Å². The van der Waals surface area contributed by atoms with E-state index in [1.807, 2.05) is 0 Å². The third-order valence-electron chi connectivity index (χ3n) is 5.31. The Morgan fingerprint density at radius 2 is 1.05 bits per heavy atom. The van der Waals surface area contributed by atoms with Gasteiger partial charge >= 0.3 is 0 Å². The number of hydrogen-bond donors (Lipinski definition) is 0. The van der Waals surface area contributed by atoms with Crippen molar-refractivity contribution in [2.24, 2.45) is 0 Å². The number of rotatable bonds is 12. The molecule has 1 atom stereocenters. The van der Waals surface area contributed by atoms with E-state index in [1.165, 1.54) is 36.3 Å². The van der Waals surface area contributed by atoms with E-state index in [9.17, 15) is 0 Å². The van der Waals surface area contributed by atoms with Crippen molar-refractivity contribution in [2.75, 3.05) is 6.61 Å².